The predicted molar refractivity (Wildman–Crippen MR) is 140 cm³/mol. The number of nitrogens with zero attached hydrogens (tertiary/aromatic N) is 2. The molecule has 0 heterocycles. The number of rotatable bonds is 14. The van der Waals surface area contributed by atoms with Crippen molar-refractivity contribution in [2.45, 2.75) is 58.3 Å². The molecule has 0 radical (unpaired) electrons. The van der Waals surface area contributed by atoms with Gasteiger partial charge in [0.1, 0.15) is 0 Å². The lowest BCUT2D eigenvalue weighted by molar-refractivity contribution is -0.138. The molecule has 0 aromatic heterocycles. The van der Waals surface area contributed by atoms with Crippen LogP contribution in [0.1, 0.15) is 58.4 Å². The Kier molecular flexibility index (Phi) is 11.3. The molecule has 0 fully saturated rings. The van der Waals surface area contributed by atoms with Crippen LogP contribution in [0.2, 0.25) is 0 Å². The first-order valence-corrected chi connectivity index (χ1v) is 12.7. The van der Waals surface area contributed by atoms with Crippen LogP contribution >= 0.6 is 0 Å². The zero-order valence-corrected chi connectivity index (χ0v) is 22.3. The summed E-state index contributed by atoms with van der Waals surface area (Å²) in [6.45, 7) is 8.50. The SMILES string of the molecule is CCCOC(=O)C1=CC(CCN(C)CCCC(C#N)(c2ccc(OC)c(OC)c2)C(C)C)CC=C1. The van der Waals surface area contributed by atoms with Crippen LogP contribution in [-0.2, 0) is 14.9 Å². The van der Waals surface area contributed by atoms with Crippen molar-refractivity contribution in [3.63, 3.8) is 0 Å². The van der Waals surface area contributed by atoms with Crippen LogP contribution < -0.4 is 9.47 Å². The molecule has 1 aliphatic carbocycles. The summed E-state index contributed by atoms with van der Waals surface area (Å²) in [5.74, 6) is 1.58. The molecule has 0 N–H and O–H groups in total. The maximum Gasteiger partial charge on any atom is 0.337 e. The van der Waals surface area contributed by atoms with Gasteiger partial charge in [0.05, 0.1) is 37.9 Å². The Morgan fingerprint density at radius 3 is 2.60 bits per heavy atom. The topological polar surface area (TPSA) is 71.8 Å². The molecule has 2 rings (SSSR count). The van der Waals surface area contributed by atoms with Gasteiger partial charge in [0.15, 0.2) is 11.5 Å². The number of hydrogen-bond donors (Lipinski definition) is 0. The average molecular weight is 483 g/mol. The first kappa shape index (κ1) is 28.5. The van der Waals surface area contributed by atoms with E-state index >= 15 is 0 Å². The summed E-state index contributed by atoms with van der Waals surface area (Å²) in [6.07, 6.45) is 10.4. The number of methoxy groups -OCH3 is 2. The normalized spacial score (nSPS) is 17.0. The monoisotopic (exact) mass is 482 g/mol. The van der Waals surface area contributed by atoms with Gasteiger partial charge in [-0.05, 0) is 81.8 Å². The summed E-state index contributed by atoms with van der Waals surface area (Å²) in [6, 6.07) is 8.44. The molecule has 6 heteroatoms. The van der Waals surface area contributed by atoms with Crippen LogP contribution in [0.4, 0.5) is 0 Å². The lowest BCUT2D eigenvalue weighted by Gasteiger charge is -2.32. The largest absolute Gasteiger partial charge is 0.493 e. The summed E-state index contributed by atoms with van der Waals surface area (Å²) < 4.78 is 16.1. The molecule has 0 amide bonds. The minimum absolute atomic E-state index is 0.154. The summed E-state index contributed by atoms with van der Waals surface area (Å²) in [5.41, 5.74) is 1.05. The van der Waals surface area contributed by atoms with Crippen molar-refractivity contribution in [3.05, 3.63) is 47.6 Å². The maximum absolute atomic E-state index is 12.2. The Bertz CT molecular complexity index is 931. The number of ether oxygens (including phenoxy) is 3. The molecule has 1 aliphatic rings. The third-order valence-electron chi connectivity index (χ3n) is 6.90. The van der Waals surface area contributed by atoms with Crippen LogP contribution in [0.25, 0.3) is 0 Å². The van der Waals surface area contributed by atoms with Crippen LogP contribution in [-0.4, -0.2) is 51.8 Å². The molecular weight excluding hydrogens is 440 g/mol. The highest BCUT2D eigenvalue weighted by Crippen LogP contribution is 2.40. The van der Waals surface area contributed by atoms with Gasteiger partial charge < -0.3 is 19.1 Å². The predicted octanol–water partition coefficient (Wildman–Crippen LogP) is 5.68. The number of hydrogen-bond acceptors (Lipinski definition) is 6. The maximum atomic E-state index is 12.2. The quantitative estimate of drug-likeness (QED) is 0.318. The van der Waals surface area contributed by atoms with E-state index in [0.29, 0.717) is 29.6 Å². The molecule has 1 aromatic rings. The van der Waals surface area contributed by atoms with E-state index in [4.69, 9.17) is 14.2 Å². The van der Waals surface area contributed by atoms with Crippen molar-refractivity contribution >= 4 is 5.97 Å². The molecule has 6 nitrogen and oxygen atoms in total. The van der Waals surface area contributed by atoms with Gasteiger partial charge in [-0.25, -0.2) is 4.79 Å². The fourth-order valence-electron chi connectivity index (χ4n) is 4.62. The van der Waals surface area contributed by atoms with Crippen molar-refractivity contribution in [1.29, 1.82) is 5.26 Å². The molecule has 2 unspecified atom stereocenters. The highest BCUT2D eigenvalue weighted by molar-refractivity contribution is 5.91. The van der Waals surface area contributed by atoms with E-state index in [-0.39, 0.29) is 11.9 Å². The molecule has 1 aromatic carbocycles. The van der Waals surface area contributed by atoms with Gasteiger partial charge in [-0.2, -0.15) is 5.26 Å². The Morgan fingerprint density at radius 1 is 1.23 bits per heavy atom. The zero-order valence-electron chi connectivity index (χ0n) is 22.3. The van der Waals surface area contributed by atoms with Gasteiger partial charge >= 0.3 is 5.97 Å². The van der Waals surface area contributed by atoms with Crippen LogP contribution in [0.5, 0.6) is 11.5 Å². The first-order valence-electron chi connectivity index (χ1n) is 12.7. The average Bonchev–Trinajstić information content (AvgIpc) is 2.88. The number of carbonyl (C=O) groups is 1. The minimum atomic E-state index is -0.592. The van der Waals surface area contributed by atoms with E-state index in [2.05, 4.69) is 44.0 Å². The van der Waals surface area contributed by atoms with Crippen LogP contribution in [0.15, 0.2) is 42.0 Å². The molecule has 0 spiro atoms. The molecule has 0 bridgehead atoms. The zero-order chi connectivity index (χ0) is 25.8. The number of benzene rings is 1. The van der Waals surface area contributed by atoms with Crippen LogP contribution in [0.3, 0.4) is 0 Å². The Labute approximate surface area is 211 Å². The fraction of sp³-hybridized carbons (Fsp3) is 0.586. The van der Waals surface area contributed by atoms with E-state index < -0.39 is 5.41 Å². The van der Waals surface area contributed by atoms with E-state index in [1.54, 1.807) is 14.2 Å². The summed E-state index contributed by atoms with van der Waals surface area (Å²) >= 11 is 0. The third kappa shape index (κ3) is 7.60. The van der Waals surface area contributed by atoms with Crippen LogP contribution in [0, 0.1) is 23.2 Å². The van der Waals surface area contributed by atoms with E-state index in [1.807, 2.05) is 31.2 Å². The van der Waals surface area contributed by atoms with Gasteiger partial charge in [-0.3, -0.25) is 0 Å². The smallest absolute Gasteiger partial charge is 0.337 e. The Morgan fingerprint density at radius 2 is 1.97 bits per heavy atom. The van der Waals surface area contributed by atoms with E-state index in [1.165, 1.54) is 0 Å². The van der Waals surface area contributed by atoms with Gasteiger partial charge in [0, 0.05) is 0 Å². The number of allylic oxidation sites excluding steroid dienone is 2. The Hall–Kier alpha value is -2.78. The van der Waals surface area contributed by atoms with Crippen molar-refractivity contribution in [2.75, 3.05) is 41.0 Å². The molecule has 0 aliphatic heterocycles. The number of esters is 1. The standard InChI is InChI=1S/C29H42N2O4/c1-7-18-35-28(32)24-11-8-10-23(19-24)14-17-31(4)16-9-15-29(21-30,22(2)3)25-12-13-26(33-5)27(20-25)34-6/h8,11-13,19-20,22-23H,7,9-10,14-18H2,1-6H3. The van der Waals surface area contributed by atoms with E-state index in [0.717, 1.165) is 50.8 Å². The number of nitriles is 1. The van der Waals surface area contributed by atoms with Gasteiger partial charge in [-0.15, -0.1) is 0 Å². The minimum Gasteiger partial charge on any atom is -0.493 e. The second-order valence-electron chi connectivity index (χ2n) is 9.66. The second kappa shape index (κ2) is 13.9. The molecule has 35 heavy (non-hydrogen) atoms. The van der Waals surface area contributed by atoms with Gasteiger partial charge in [0.25, 0.3) is 0 Å². The van der Waals surface area contributed by atoms with Gasteiger partial charge in [0.2, 0.25) is 0 Å². The molecule has 0 saturated heterocycles. The lowest BCUT2D eigenvalue weighted by Crippen LogP contribution is -2.32. The van der Waals surface area contributed by atoms with Crippen molar-refractivity contribution in [1.82, 2.24) is 4.90 Å². The van der Waals surface area contributed by atoms with Crippen molar-refractivity contribution in [2.24, 2.45) is 11.8 Å². The van der Waals surface area contributed by atoms with Crippen molar-refractivity contribution < 1.29 is 19.0 Å². The molecule has 2 atom stereocenters. The van der Waals surface area contributed by atoms with E-state index in [9.17, 15) is 10.1 Å². The lowest BCUT2D eigenvalue weighted by atomic mass is 9.69. The molecular formula is C29H42N2O4. The summed E-state index contributed by atoms with van der Waals surface area (Å²) in [4.78, 5) is 14.5. The Balaban J connectivity index is 1.95. The summed E-state index contributed by atoms with van der Waals surface area (Å²) in [7, 11) is 5.36. The van der Waals surface area contributed by atoms with Gasteiger partial charge in [-0.1, -0.05) is 45.1 Å². The highest BCUT2D eigenvalue weighted by Gasteiger charge is 2.36. The second-order valence-corrected chi connectivity index (χ2v) is 9.66. The van der Waals surface area contributed by atoms with Crippen molar-refractivity contribution in [3.8, 4) is 17.6 Å². The molecule has 0 saturated carbocycles. The highest BCUT2D eigenvalue weighted by atomic mass is 16.5. The number of carbonyl (C=O) groups excluding carboxylic acids is 1. The first-order chi connectivity index (χ1) is 16.8. The summed E-state index contributed by atoms with van der Waals surface area (Å²) in [5, 5.41) is 10.3. The third-order valence-corrected chi connectivity index (χ3v) is 6.90. The fourth-order valence-corrected chi connectivity index (χ4v) is 4.62. The molecule has 192 valence electrons.